The van der Waals surface area contributed by atoms with E-state index in [1.165, 1.54) is 126 Å². The number of anilines is 3. The summed E-state index contributed by atoms with van der Waals surface area (Å²) in [6.45, 7) is 19.4. The van der Waals surface area contributed by atoms with E-state index in [9.17, 15) is 0 Å². The largest absolute Gasteiger partial charge is 0.374 e. The highest BCUT2D eigenvalue weighted by Gasteiger charge is 2.46. The molecule has 0 fully saturated rings. The molecule has 3 aromatic heterocycles. The quantitative estimate of drug-likeness (QED) is 0.151. The first-order valence-electron chi connectivity index (χ1n) is 20.3. The number of benzene rings is 6. The summed E-state index contributed by atoms with van der Waals surface area (Å²) in [5.74, 6) is 0. The van der Waals surface area contributed by atoms with Crippen molar-refractivity contribution < 1.29 is 0 Å². The van der Waals surface area contributed by atoms with E-state index < -0.39 is 0 Å². The predicted molar refractivity (Wildman–Crippen MR) is 247 cm³/mol. The molecule has 0 N–H and O–H groups in total. The molecule has 2 nitrogen and oxygen atoms in total. The van der Waals surface area contributed by atoms with Crippen molar-refractivity contribution in [3.63, 3.8) is 0 Å². The van der Waals surface area contributed by atoms with Crippen LogP contribution in [0, 0.1) is 6.92 Å². The lowest BCUT2D eigenvalue weighted by Gasteiger charge is -2.45. The minimum Gasteiger partial charge on any atom is -0.374 e. The standard InChI is InChI=1S/C51H45BN2S2/c1-28-24-36-37(51(7,8)23-22-50(36,5)6)27-39(28)53-40-26-29(49(2,3)4)25-35-31-16-13-17-34-44(31)54(45-33-15-10-12-19-42(33)56-48(34)45)52(43(35)40)38-21-20-32-30-14-9-11-18-41(30)55-47(32)46(38)53/h9-21,24-27H,22-23H2,1-8H3. The van der Waals surface area contributed by atoms with Crippen LogP contribution in [-0.4, -0.2) is 11.3 Å². The Kier molecular flexibility index (Phi) is 6.40. The molecule has 0 bridgehead atoms. The second kappa shape index (κ2) is 10.8. The number of hydrogen-bond donors (Lipinski definition) is 0. The number of thiophene rings is 2. The summed E-state index contributed by atoms with van der Waals surface area (Å²) >= 11 is 3.92. The zero-order valence-electron chi connectivity index (χ0n) is 33.5. The van der Waals surface area contributed by atoms with Gasteiger partial charge in [-0.15, -0.1) is 22.7 Å². The highest BCUT2D eigenvalue weighted by Crippen LogP contribution is 2.54. The molecule has 0 radical (unpaired) electrons. The van der Waals surface area contributed by atoms with E-state index in [0.29, 0.717) is 0 Å². The van der Waals surface area contributed by atoms with E-state index in [1.54, 1.807) is 0 Å². The van der Waals surface area contributed by atoms with Crippen LogP contribution in [0.3, 0.4) is 0 Å². The van der Waals surface area contributed by atoms with E-state index in [2.05, 4.69) is 168 Å². The number of para-hydroxylation sites is 1. The van der Waals surface area contributed by atoms with Crippen LogP contribution in [-0.2, 0) is 16.2 Å². The van der Waals surface area contributed by atoms with Crippen LogP contribution in [0.5, 0.6) is 0 Å². The van der Waals surface area contributed by atoms with Gasteiger partial charge in [0.25, 0.3) is 0 Å². The molecule has 3 aliphatic rings. The Morgan fingerprint density at radius 2 is 1.27 bits per heavy atom. The first-order valence-corrected chi connectivity index (χ1v) is 22.0. The van der Waals surface area contributed by atoms with E-state index in [-0.39, 0.29) is 23.1 Å². The Morgan fingerprint density at radius 1 is 0.607 bits per heavy atom. The zero-order valence-corrected chi connectivity index (χ0v) is 35.2. The SMILES string of the molecule is Cc1cc2c(cc1N1c3cc(C(C)(C)C)cc4c3B(c3ccc5c(sc6ccccc65)c31)n1c3c-4cccc3c3sc4ccccc4c31)C(C)(C)CCC2(C)C. The summed E-state index contributed by atoms with van der Waals surface area (Å²) in [5, 5.41) is 5.42. The predicted octanol–water partition coefficient (Wildman–Crippen LogP) is 13.7. The van der Waals surface area contributed by atoms with Gasteiger partial charge in [0, 0.05) is 53.4 Å². The van der Waals surface area contributed by atoms with Crippen molar-refractivity contribution in [2.45, 2.75) is 84.5 Å². The Hall–Kier alpha value is -4.84. The molecule has 0 atom stereocenters. The molecule has 0 saturated heterocycles. The Bertz CT molecular complexity index is 3220. The summed E-state index contributed by atoms with van der Waals surface area (Å²) in [6.07, 6.45) is 2.40. The maximum atomic E-state index is 2.77. The highest BCUT2D eigenvalue weighted by molar-refractivity contribution is 7.27. The second-order valence-electron chi connectivity index (χ2n) is 19.2. The molecule has 6 aromatic carbocycles. The lowest BCUT2D eigenvalue weighted by molar-refractivity contribution is 0.332. The summed E-state index contributed by atoms with van der Waals surface area (Å²) < 4.78 is 8.25. The third kappa shape index (κ3) is 4.18. The number of aromatic nitrogens is 1. The lowest BCUT2D eigenvalue weighted by atomic mass is 9.44. The molecule has 0 spiro atoms. The van der Waals surface area contributed by atoms with Gasteiger partial charge in [-0.3, -0.25) is 0 Å². The van der Waals surface area contributed by atoms with E-state index >= 15 is 0 Å². The molecule has 9 aromatic rings. The summed E-state index contributed by atoms with van der Waals surface area (Å²) in [5.41, 5.74) is 18.2. The maximum Gasteiger partial charge on any atom is 0.333 e. The summed E-state index contributed by atoms with van der Waals surface area (Å²) in [4.78, 5) is 2.74. The van der Waals surface area contributed by atoms with Gasteiger partial charge < -0.3 is 9.38 Å². The minimum absolute atomic E-state index is 0.0242. The molecular weight excluding hydrogens is 716 g/mol. The molecule has 1 aliphatic carbocycles. The minimum atomic E-state index is -0.0443. The van der Waals surface area contributed by atoms with Crippen LogP contribution in [0.25, 0.3) is 62.5 Å². The fourth-order valence-corrected chi connectivity index (χ4v) is 13.2. The monoisotopic (exact) mass is 760 g/mol. The summed E-state index contributed by atoms with van der Waals surface area (Å²) in [7, 11) is 0. The number of hydrogen-bond acceptors (Lipinski definition) is 3. The van der Waals surface area contributed by atoms with Gasteiger partial charge >= 0.3 is 6.85 Å². The molecule has 274 valence electrons. The van der Waals surface area contributed by atoms with Gasteiger partial charge in [0.2, 0.25) is 0 Å². The van der Waals surface area contributed by atoms with Gasteiger partial charge in [-0.2, -0.15) is 0 Å². The van der Waals surface area contributed by atoms with Gasteiger partial charge in [0.15, 0.2) is 0 Å². The fourth-order valence-electron chi connectivity index (χ4n) is 10.8. The normalized spacial score (nSPS) is 16.6. The van der Waals surface area contributed by atoms with Gasteiger partial charge in [-0.05, 0) is 99.0 Å². The number of rotatable bonds is 1. The molecule has 0 saturated carbocycles. The molecule has 0 unspecified atom stereocenters. The van der Waals surface area contributed by atoms with Gasteiger partial charge in [0.05, 0.1) is 20.6 Å². The average Bonchev–Trinajstić information content (AvgIpc) is 3.84. The molecule has 56 heavy (non-hydrogen) atoms. The zero-order chi connectivity index (χ0) is 38.2. The van der Waals surface area contributed by atoms with Crippen LogP contribution in [0.1, 0.15) is 83.6 Å². The number of nitrogens with zero attached hydrogens (tertiary/aromatic N) is 2. The first-order chi connectivity index (χ1) is 26.8. The van der Waals surface area contributed by atoms with Crippen molar-refractivity contribution in [3.8, 4) is 11.1 Å². The number of aryl methyl sites for hydroxylation is 1. The van der Waals surface area contributed by atoms with Crippen LogP contribution in [0.15, 0.2) is 103 Å². The highest BCUT2D eigenvalue weighted by atomic mass is 32.1. The van der Waals surface area contributed by atoms with E-state index in [4.69, 9.17) is 0 Å². The molecular formula is C51H45BN2S2. The Balaban J connectivity index is 1.29. The van der Waals surface area contributed by atoms with Crippen LogP contribution >= 0.6 is 22.7 Å². The third-order valence-electron chi connectivity index (χ3n) is 13.9. The molecule has 12 rings (SSSR count). The topological polar surface area (TPSA) is 8.17 Å². The third-order valence-corrected chi connectivity index (χ3v) is 16.3. The van der Waals surface area contributed by atoms with Crippen molar-refractivity contribution in [3.05, 3.63) is 125 Å². The van der Waals surface area contributed by atoms with Gasteiger partial charge in [0.1, 0.15) is 0 Å². The van der Waals surface area contributed by atoms with Crippen molar-refractivity contribution >= 4 is 109 Å². The average molecular weight is 761 g/mol. The molecule has 5 heteroatoms. The lowest BCUT2D eigenvalue weighted by Crippen LogP contribution is -2.57. The van der Waals surface area contributed by atoms with Gasteiger partial charge in [-0.25, -0.2) is 0 Å². The van der Waals surface area contributed by atoms with E-state index in [1.807, 2.05) is 22.7 Å². The number of fused-ring (bicyclic) bond motifs is 14. The Morgan fingerprint density at radius 3 is 2.02 bits per heavy atom. The van der Waals surface area contributed by atoms with Crippen molar-refractivity contribution in [2.75, 3.05) is 4.90 Å². The van der Waals surface area contributed by atoms with Crippen LogP contribution in [0.4, 0.5) is 17.1 Å². The second-order valence-corrected chi connectivity index (χ2v) is 21.3. The first kappa shape index (κ1) is 33.3. The van der Waals surface area contributed by atoms with Crippen molar-refractivity contribution in [1.82, 2.24) is 4.48 Å². The smallest absolute Gasteiger partial charge is 0.333 e. The van der Waals surface area contributed by atoms with Crippen molar-refractivity contribution in [1.29, 1.82) is 0 Å². The molecule has 5 heterocycles. The molecule has 2 aliphatic heterocycles. The van der Waals surface area contributed by atoms with Gasteiger partial charge in [-0.1, -0.05) is 127 Å². The van der Waals surface area contributed by atoms with Crippen LogP contribution in [0.2, 0.25) is 0 Å². The maximum absolute atomic E-state index is 2.77. The Labute approximate surface area is 337 Å². The summed E-state index contributed by atoms with van der Waals surface area (Å²) in [6, 6.07) is 40.4. The van der Waals surface area contributed by atoms with E-state index in [0.717, 1.165) is 0 Å². The van der Waals surface area contributed by atoms with Crippen LogP contribution < -0.4 is 15.8 Å². The molecule has 0 amide bonds. The van der Waals surface area contributed by atoms with Crippen molar-refractivity contribution in [2.24, 2.45) is 0 Å². The fraction of sp³-hybridized carbons (Fsp3) is 0.255.